The summed E-state index contributed by atoms with van der Waals surface area (Å²) in [5, 5.41) is 0. The van der Waals surface area contributed by atoms with Crippen molar-refractivity contribution in [3.63, 3.8) is 0 Å². The summed E-state index contributed by atoms with van der Waals surface area (Å²) < 4.78 is 60.2. The Hall–Kier alpha value is -3.24. The summed E-state index contributed by atoms with van der Waals surface area (Å²) in [6.07, 6.45) is 8.40. The highest BCUT2D eigenvalue weighted by Crippen LogP contribution is 2.17. The molecule has 2 aromatic rings. The van der Waals surface area contributed by atoms with Gasteiger partial charge in [0.25, 0.3) is 0 Å². The van der Waals surface area contributed by atoms with E-state index in [1.165, 1.54) is 24.3 Å². The van der Waals surface area contributed by atoms with Crippen molar-refractivity contribution in [3.05, 3.63) is 84.0 Å². The third-order valence-corrected chi connectivity index (χ3v) is 10.3. The molecule has 43 heavy (non-hydrogen) atoms. The summed E-state index contributed by atoms with van der Waals surface area (Å²) in [6, 6.07) is 12.9. The Morgan fingerprint density at radius 2 is 0.814 bits per heavy atom. The zero-order valence-corrected chi connectivity index (χ0v) is 26.9. The van der Waals surface area contributed by atoms with Gasteiger partial charge >= 0.3 is 11.9 Å². The van der Waals surface area contributed by atoms with Crippen LogP contribution in [0.2, 0.25) is 0 Å². The normalized spacial score (nSPS) is 11.6. The van der Waals surface area contributed by atoms with Crippen LogP contribution in [0.1, 0.15) is 68.9 Å². The molecule has 0 aliphatic heterocycles. The van der Waals surface area contributed by atoms with Gasteiger partial charge in [-0.1, -0.05) is 93.5 Å². The van der Waals surface area contributed by atoms with Crippen LogP contribution in [-0.2, 0) is 38.7 Å². The van der Waals surface area contributed by atoms with Crippen molar-refractivity contribution < 1.29 is 35.9 Å². The number of hydrogen-bond acceptors (Lipinski definition) is 8. The molecule has 10 heteroatoms. The molecule has 0 spiro atoms. The minimum Gasteiger partial charge on any atom is -0.462 e. The van der Waals surface area contributed by atoms with Gasteiger partial charge in [0.1, 0.15) is 0 Å². The molecule has 0 amide bonds. The Bertz CT molecular complexity index is 1330. The topological polar surface area (TPSA) is 121 Å². The van der Waals surface area contributed by atoms with Crippen molar-refractivity contribution in [3.8, 4) is 0 Å². The first-order valence-corrected chi connectivity index (χ1v) is 17.9. The van der Waals surface area contributed by atoms with Crippen LogP contribution in [0.5, 0.6) is 0 Å². The van der Waals surface area contributed by atoms with Crippen LogP contribution in [0, 0.1) is 13.8 Å². The van der Waals surface area contributed by atoms with E-state index < -0.39 is 43.1 Å². The predicted octanol–water partition coefficient (Wildman–Crippen LogP) is 6.26. The van der Waals surface area contributed by atoms with Crippen LogP contribution in [0.25, 0.3) is 0 Å². The van der Waals surface area contributed by atoms with Gasteiger partial charge in [-0.15, -0.1) is 0 Å². The Balaban J connectivity index is 1.46. The number of carbonyl (C=O) groups is 2. The molecule has 0 radical (unpaired) electrons. The molecule has 0 bridgehead atoms. The summed E-state index contributed by atoms with van der Waals surface area (Å²) in [7, 11) is -7.29. The van der Waals surface area contributed by atoms with Gasteiger partial charge in [-0.3, -0.25) is 0 Å². The predicted molar refractivity (Wildman–Crippen MR) is 168 cm³/mol. The fourth-order valence-electron chi connectivity index (χ4n) is 4.21. The third kappa shape index (κ3) is 13.3. The highest BCUT2D eigenvalue weighted by Gasteiger charge is 2.21. The van der Waals surface area contributed by atoms with E-state index in [1.807, 2.05) is 13.8 Å². The molecule has 0 aromatic heterocycles. The molecule has 0 aliphatic rings. The lowest BCUT2D eigenvalue weighted by atomic mass is 10.1. The van der Waals surface area contributed by atoms with Crippen molar-refractivity contribution in [1.82, 2.24) is 0 Å². The summed E-state index contributed by atoms with van der Waals surface area (Å²) in [5.41, 5.74) is 1.74. The van der Waals surface area contributed by atoms with Crippen LogP contribution >= 0.6 is 0 Å². The number of rotatable bonds is 20. The first-order chi connectivity index (χ1) is 20.3. The lowest BCUT2D eigenvalue weighted by Gasteiger charge is -2.09. The van der Waals surface area contributed by atoms with Crippen molar-refractivity contribution >= 4 is 31.6 Å². The lowest BCUT2D eigenvalue weighted by molar-refractivity contribution is -0.139. The molecule has 0 unspecified atom stereocenters. The zero-order valence-electron chi connectivity index (χ0n) is 25.3. The van der Waals surface area contributed by atoms with Gasteiger partial charge in [0.2, 0.25) is 0 Å². The monoisotopic (exact) mass is 632 g/mol. The second-order valence-corrected chi connectivity index (χ2v) is 14.8. The lowest BCUT2D eigenvalue weighted by Crippen LogP contribution is -2.17. The van der Waals surface area contributed by atoms with Crippen LogP contribution in [0.15, 0.2) is 82.6 Å². The molecule has 0 aliphatic carbocycles. The molecule has 236 valence electrons. The molecule has 8 nitrogen and oxygen atoms in total. The van der Waals surface area contributed by atoms with Crippen LogP contribution in [-0.4, -0.2) is 53.5 Å². The number of aryl methyl sites for hydroxylation is 2. The van der Waals surface area contributed by atoms with Crippen LogP contribution in [0.4, 0.5) is 0 Å². The summed E-state index contributed by atoms with van der Waals surface area (Å²) in [4.78, 5) is 24.6. The van der Waals surface area contributed by atoms with E-state index in [-0.39, 0.29) is 34.2 Å². The fraction of sp³-hybridized carbons (Fsp3) is 0.455. The average Bonchev–Trinajstić information content (AvgIpc) is 2.95. The molecule has 0 fully saturated rings. The molecule has 2 rings (SSSR count). The number of sulfone groups is 2. The van der Waals surface area contributed by atoms with Crippen molar-refractivity contribution in [2.24, 2.45) is 0 Å². The number of benzene rings is 2. The Morgan fingerprint density at radius 3 is 1.12 bits per heavy atom. The SMILES string of the molecule is C=C(CS(=O)(=O)c1ccc(C)cc1)C(=O)OCCCCCCCCCCCOC(=O)C(=C)CS(=O)(=O)c1ccc(C)cc1. The summed E-state index contributed by atoms with van der Waals surface area (Å²) in [5.74, 6) is -2.30. The van der Waals surface area contributed by atoms with Gasteiger partial charge in [-0.05, 0) is 51.0 Å². The first kappa shape index (κ1) is 36.0. The van der Waals surface area contributed by atoms with Crippen LogP contribution in [0.3, 0.4) is 0 Å². The largest absolute Gasteiger partial charge is 0.462 e. The number of ether oxygens (including phenoxy) is 2. The minimum atomic E-state index is -3.65. The van der Waals surface area contributed by atoms with Crippen molar-refractivity contribution in [1.29, 1.82) is 0 Å². The van der Waals surface area contributed by atoms with E-state index >= 15 is 0 Å². The number of unbranched alkanes of at least 4 members (excludes halogenated alkanes) is 8. The van der Waals surface area contributed by atoms with Crippen molar-refractivity contribution in [2.75, 3.05) is 24.7 Å². The minimum absolute atomic E-state index is 0.0775. The van der Waals surface area contributed by atoms with Gasteiger partial charge in [-0.25, -0.2) is 26.4 Å². The van der Waals surface area contributed by atoms with E-state index in [9.17, 15) is 26.4 Å². The summed E-state index contributed by atoms with van der Waals surface area (Å²) in [6.45, 7) is 11.4. The van der Waals surface area contributed by atoms with Gasteiger partial charge in [-0.2, -0.15) is 0 Å². The van der Waals surface area contributed by atoms with E-state index in [0.29, 0.717) is 12.8 Å². The molecule has 0 saturated carbocycles. The fourth-order valence-corrected chi connectivity index (χ4v) is 6.80. The Labute approximate surface area is 257 Å². The Morgan fingerprint density at radius 1 is 0.535 bits per heavy atom. The summed E-state index contributed by atoms with van der Waals surface area (Å²) >= 11 is 0. The van der Waals surface area contributed by atoms with Gasteiger partial charge in [0.05, 0.1) is 34.5 Å². The number of esters is 2. The standard InChI is InChI=1S/C33H44O8S2/c1-26-14-18-30(19-15-26)42(36,37)24-28(3)32(34)40-22-12-10-8-6-5-7-9-11-13-23-41-33(35)29(4)25-43(38,39)31-20-16-27(2)17-21-31/h14-21H,3-13,22-25H2,1-2H3. The van der Waals surface area contributed by atoms with E-state index in [4.69, 9.17) is 9.47 Å². The van der Waals surface area contributed by atoms with Crippen molar-refractivity contribution in [2.45, 2.75) is 81.4 Å². The molecule has 0 atom stereocenters. The quantitative estimate of drug-likeness (QED) is 0.0953. The second-order valence-electron chi connectivity index (χ2n) is 10.8. The maximum Gasteiger partial charge on any atom is 0.334 e. The van der Waals surface area contributed by atoms with Crippen LogP contribution < -0.4 is 0 Å². The second kappa shape index (κ2) is 17.8. The molecule has 0 heterocycles. The Kier molecular flexibility index (Phi) is 14.9. The van der Waals surface area contributed by atoms with Gasteiger partial charge in [0, 0.05) is 11.1 Å². The maximum atomic E-state index is 12.5. The van der Waals surface area contributed by atoms with Gasteiger partial charge < -0.3 is 9.47 Å². The first-order valence-electron chi connectivity index (χ1n) is 14.6. The van der Waals surface area contributed by atoms with E-state index in [0.717, 1.165) is 56.1 Å². The van der Waals surface area contributed by atoms with E-state index in [2.05, 4.69) is 13.2 Å². The number of carbonyl (C=O) groups excluding carboxylic acids is 2. The smallest absolute Gasteiger partial charge is 0.334 e. The maximum absolute atomic E-state index is 12.5. The highest BCUT2D eigenvalue weighted by molar-refractivity contribution is 7.92. The van der Waals surface area contributed by atoms with E-state index in [1.54, 1.807) is 24.3 Å². The zero-order chi connectivity index (χ0) is 31.9. The average molecular weight is 633 g/mol. The highest BCUT2D eigenvalue weighted by atomic mass is 32.2. The molecule has 2 aromatic carbocycles. The molecular weight excluding hydrogens is 588 g/mol. The molecular formula is C33H44O8S2. The van der Waals surface area contributed by atoms with Gasteiger partial charge in [0.15, 0.2) is 19.7 Å². The number of hydrogen-bond donors (Lipinski definition) is 0. The molecule has 0 saturated heterocycles. The molecule has 0 N–H and O–H groups in total. The third-order valence-electron chi connectivity index (χ3n) is 6.82.